The molecular formula is C35H60NNaO13. The molecule has 2 heterocycles. The Balaban J connectivity index is 0.000000493. The van der Waals surface area contributed by atoms with Gasteiger partial charge < -0.3 is 70.3 Å². The fraction of sp³-hybridized carbons (Fsp3) is 0.800. The summed E-state index contributed by atoms with van der Waals surface area (Å²) in [7, 11) is 0. The molecule has 10 atom stereocenters. The van der Waals surface area contributed by atoms with Crippen molar-refractivity contribution in [3.05, 3.63) is 29.8 Å². The molecule has 0 radical (unpaired) electrons. The van der Waals surface area contributed by atoms with Crippen LogP contribution in [0.5, 0.6) is 0 Å². The van der Waals surface area contributed by atoms with Crippen molar-refractivity contribution in [1.29, 1.82) is 0 Å². The summed E-state index contributed by atoms with van der Waals surface area (Å²) >= 11 is 0. The van der Waals surface area contributed by atoms with Gasteiger partial charge in [-0.05, 0) is 24.1 Å². The monoisotopic (exact) mass is 725 g/mol. The van der Waals surface area contributed by atoms with E-state index in [1.807, 2.05) is 0 Å². The molecular weight excluding hydrogens is 665 g/mol. The first-order chi connectivity index (χ1) is 23.5. The molecule has 2 aliphatic rings. The number of carboxylic acid groups (broad SMARTS) is 1. The van der Waals surface area contributed by atoms with Crippen LogP contribution < -0.4 is 40.0 Å². The van der Waals surface area contributed by atoms with Gasteiger partial charge in [0.25, 0.3) is 0 Å². The summed E-state index contributed by atoms with van der Waals surface area (Å²) < 4.78 is 15.3. The summed E-state index contributed by atoms with van der Waals surface area (Å²) in [6.45, 7) is 1.88. The van der Waals surface area contributed by atoms with Crippen molar-refractivity contribution < 1.29 is 94.5 Å². The van der Waals surface area contributed by atoms with E-state index in [1.54, 1.807) is 24.3 Å². The molecule has 1 aromatic carbocycles. The zero-order chi connectivity index (χ0) is 36.2. The summed E-state index contributed by atoms with van der Waals surface area (Å²) in [6, 6.07) is 6.77. The van der Waals surface area contributed by atoms with Crippen molar-refractivity contribution in [1.82, 2.24) is 0 Å². The maximum atomic E-state index is 10.7. The third-order valence-corrected chi connectivity index (χ3v) is 8.96. The zero-order valence-corrected chi connectivity index (χ0v) is 31.7. The Labute approximate surface area is 318 Å². The molecule has 0 unspecified atom stereocenters. The fourth-order valence-electron chi connectivity index (χ4n) is 5.85. The molecule has 0 bridgehead atoms. The molecule has 0 aliphatic carbocycles. The van der Waals surface area contributed by atoms with Gasteiger partial charge in [-0.3, -0.25) is 0 Å². The minimum atomic E-state index is -1.74. The minimum Gasteiger partial charge on any atom is -0.545 e. The van der Waals surface area contributed by atoms with Gasteiger partial charge in [0.05, 0.1) is 19.2 Å². The van der Waals surface area contributed by atoms with E-state index in [1.165, 1.54) is 89.9 Å². The molecule has 0 amide bonds. The van der Waals surface area contributed by atoms with Gasteiger partial charge in [-0.25, -0.2) is 0 Å². The van der Waals surface area contributed by atoms with Crippen LogP contribution >= 0.6 is 0 Å². The first-order valence-electron chi connectivity index (χ1n) is 17.9. The second-order valence-electron chi connectivity index (χ2n) is 12.9. The average Bonchev–Trinajstić information content (AvgIpc) is 3.10. The fourth-order valence-corrected chi connectivity index (χ4v) is 5.85. The van der Waals surface area contributed by atoms with Crippen molar-refractivity contribution in [3.8, 4) is 0 Å². The topological polar surface area (TPSA) is 242 Å². The second kappa shape index (κ2) is 26.8. The number of carboxylic acids is 1. The molecule has 284 valence electrons. The quantitative estimate of drug-likeness (QED) is 0.0473. The Hall–Kier alpha value is -0.950. The number of benzene rings is 1. The molecule has 3 rings (SSSR count). The summed E-state index contributed by atoms with van der Waals surface area (Å²) in [6.07, 6.45) is 3.63. The van der Waals surface area contributed by atoms with E-state index in [-0.39, 0.29) is 35.1 Å². The number of nitrogens with one attached hydrogen (secondary N) is 1. The average molecular weight is 726 g/mol. The minimum absolute atomic E-state index is 0. The van der Waals surface area contributed by atoms with Gasteiger partial charge >= 0.3 is 29.6 Å². The van der Waals surface area contributed by atoms with E-state index < -0.39 is 80.6 Å². The number of anilines is 1. The normalized spacial score (nSPS) is 29.4. The molecule has 0 aromatic heterocycles. The van der Waals surface area contributed by atoms with Crippen LogP contribution in [-0.2, 0) is 14.2 Å². The van der Waals surface area contributed by atoms with E-state index in [0.29, 0.717) is 0 Å². The molecule has 14 nitrogen and oxygen atoms in total. The van der Waals surface area contributed by atoms with Gasteiger partial charge in [0, 0.05) is 12.2 Å². The van der Waals surface area contributed by atoms with Gasteiger partial charge in [-0.15, -0.1) is 0 Å². The molecule has 0 spiro atoms. The molecule has 0 saturated carbocycles. The summed E-state index contributed by atoms with van der Waals surface area (Å²) in [4.78, 5) is 10.7. The summed E-state index contributed by atoms with van der Waals surface area (Å²) in [5.41, 5.74) is 1.21. The Morgan fingerprint density at radius 2 is 1.18 bits per heavy atom. The molecule has 15 heteroatoms. The van der Waals surface area contributed by atoms with Crippen LogP contribution in [0, 0.1) is 0 Å². The number of aliphatic hydroxyl groups excluding tert-OH is 8. The Bertz CT molecular complexity index is 1010. The Morgan fingerprint density at radius 1 is 0.680 bits per heavy atom. The Morgan fingerprint density at radius 3 is 1.66 bits per heavy atom. The van der Waals surface area contributed by atoms with Crippen LogP contribution in [0.3, 0.4) is 0 Å². The molecule has 1 aromatic rings. The molecule has 50 heavy (non-hydrogen) atoms. The number of hydrogen-bond acceptors (Lipinski definition) is 14. The molecule has 2 aliphatic heterocycles. The van der Waals surface area contributed by atoms with Crippen LogP contribution in [0.4, 0.5) is 5.69 Å². The van der Waals surface area contributed by atoms with Gasteiger partial charge in [-0.1, -0.05) is 103 Å². The number of carbonyl (C=O) groups excluding carboxylic acids is 1. The number of rotatable bonds is 21. The van der Waals surface area contributed by atoms with E-state index in [9.17, 15) is 45.6 Å². The van der Waals surface area contributed by atoms with Crippen LogP contribution in [-0.4, -0.2) is 128 Å². The maximum Gasteiger partial charge on any atom is 1.00 e. The summed E-state index contributed by atoms with van der Waals surface area (Å²) in [5, 5.41) is 90.5. The van der Waals surface area contributed by atoms with Crippen LogP contribution in [0.2, 0.25) is 0 Å². The Kier molecular flexibility index (Phi) is 25.2. The predicted molar refractivity (Wildman–Crippen MR) is 178 cm³/mol. The predicted octanol–water partition coefficient (Wildman–Crippen LogP) is -2.45. The van der Waals surface area contributed by atoms with Gasteiger partial charge in [0.2, 0.25) is 0 Å². The van der Waals surface area contributed by atoms with E-state index in [2.05, 4.69) is 12.2 Å². The third-order valence-electron chi connectivity index (χ3n) is 8.96. The first kappa shape index (κ1) is 47.1. The SMILES string of the molecule is CCCCCCCCCCCCCCCCNc1ccc(C(=O)[O-])cc1.OC[C@H]1O[C@@H](O[C@H]2[C@H](O)[C@@H](O)[C@@H](O)O[C@@H]2CO)[C@H](O)[C@@H](O)[C@H]1O.[Na+]. The van der Waals surface area contributed by atoms with E-state index >= 15 is 0 Å². The molecule has 2 fully saturated rings. The smallest absolute Gasteiger partial charge is 0.545 e. The number of carbonyl (C=O) groups is 1. The van der Waals surface area contributed by atoms with Crippen LogP contribution in [0.1, 0.15) is 107 Å². The number of hydrogen-bond donors (Lipinski definition) is 9. The van der Waals surface area contributed by atoms with E-state index in [4.69, 9.17) is 19.3 Å². The zero-order valence-electron chi connectivity index (χ0n) is 29.7. The molecule has 9 N–H and O–H groups in total. The maximum absolute atomic E-state index is 10.7. The van der Waals surface area contributed by atoms with Crippen LogP contribution in [0.15, 0.2) is 24.3 Å². The third kappa shape index (κ3) is 16.4. The van der Waals surface area contributed by atoms with Gasteiger partial charge in [0.1, 0.15) is 48.8 Å². The van der Waals surface area contributed by atoms with Crippen molar-refractivity contribution in [2.24, 2.45) is 0 Å². The largest absolute Gasteiger partial charge is 1.00 e. The first-order valence-corrected chi connectivity index (χ1v) is 17.9. The standard InChI is InChI=1S/C23H39NO2.C12H22O11.Na/c1-2-3-4-5-6-7-8-9-10-11-12-13-14-15-20-24-22-18-16-21(17-19-22)23(25)26;13-1-3-5(15)6(16)9(19)12(22-3)23-10-4(2-14)21-11(20)8(18)7(10)17;/h16-19,24H,2-15,20H2,1H3,(H,25,26);3-20H,1-2H2;/q;;+1/p-1/t;3-,4-,5+,6+,7-,8-,9-,10-,11+,12+;/m.1./s1. The second-order valence-corrected chi connectivity index (χ2v) is 12.9. The molecule has 2 saturated heterocycles. The van der Waals surface area contributed by atoms with Crippen molar-refractivity contribution in [2.75, 3.05) is 25.1 Å². The van der Waals surface area contributed by atoms with Crippen LogP contribution in [0.25, 0.3) is 0 Å². The van der Waals surface area contributed by atoms with Gasteiger partial charge in [0.15, 0.2) is 12.6 Å². The van der Waals surface area contributed by atoms with E-state index in [0.717, 1.165) is 12.2 Å². The van der Waals surface area contributed by atoms with Crippen molar-refractivity contribution in [3.63, 3.8) is 0 Å². The summed E-state index contributed by atoms with van der Waals surface area (Å²) in [5.74, 6) is -1.12. The number of aliphatic hydroxyl groups is 8. The number of unbranched alkanes of at least 4 members (excludes halogenated alkanes) is 13. The van der Waals surface area contributed by atoms with Crippen molar-refractivity contribution >= 4 is 11.7 Å². The van der Waals surface area contributed by atoms with Crippen molar-refractivity contribution in [2.45, 2.75) is 158 Å². The number of ether oxygens (including phenoxy) is 3. The number of aromatic carboxylic acids is 1. The van der Waals surface area contributed by atoms with Gasteiger partial charge in [-0.2, -0.15) is 0 Å².